The molecule has 4 rings (SSSR count). The van der Waals surface area contributed by atoms with Crippen molar-refractivity contribution in [1.29, 1.82) is 0 Å². The third-order valence-electron chi connectivity index (χ3n) is 6.62. The Morgan fingerprint density at radius 2 is 1.51 bits per heavy atom. The number of hydrogen-bond acceptors (Lipinski definition) is 3. The first-order valence-corrected chi connectivity index (χ1v) is 12.0. The second-order valence-corrected chi connectivity index (χ2v) is 10.7. The first-order valence-electron chi connectivity index (χ1n) is 11.7. The van der Waals surface area contributed by atoms with Crippen molar-refractivity contribution in [2.24, 2.45) is 0 Å². The molecule has 0 bridgehead atoms. The molecule has 5 heteroatoms. The summed E-state index contributed by atoms with van der Waals surface area (Å²) in [4.78, 5) is 28.4. The molecule has 1 heterocycles. The smallest absolute Gasteiger partial charge is 0.300 e. The van der Waals surface area contributed by atoms with Crippen LogP contribution in [0.4, 0.5) is 5.69 Å². The minimum atomic E-state index is -0.791. The Morgan fingerprint density at radius 1 is 0.886 bits per heavy atom. The highest BCUT2D eigenvalue weighted by Gasteiger charge is 2.47. The van der Waals surface area contributed by atoms with Crippen molar-refractivity contribution in [1.82, 2.24) is 0 Å². The summed E-state index contributed by atoms with van der Waals surface area (Å²) in [7, 11) is 0. The first kappa shape index (κ1) is 24.7. The molecule has 0 saturated carbocycles. The van der Waals surface area contributed by atoms with E-state index in [0.717, 1.165) is 27.8 Å². The summed E-state index contributed by atoms with van der Waals surface area (Å²) in [5.41, 5.74) is 5.55. The Morgan fingerprint density at radius 3 is 2.14 bits per heavy atom. The molecule has 1 N–H and O–H groups in total. The standard InChI is InChI=1S/C30H30ClNO3/c1-17-7-8-18(2)23(15-17)27(33)25-26(20-10-12-21(13-11-20)30(4,5)6)32(29(35)28(25)34)24-16-22(31)14-9-19(24)3/h7-16,26,33H,1-6H3/b27-25+. The Balaban J connectivity index is 2.00. The molecule has 1 atom stereocenters. The van der Waals surface area contributed by atoms with E-state index in [0.29, 0.717) is 16.3 Å². The molecule has 35 heavy (non-hydrogen) atoms. The number of aryl methyl sites for hydroxylation is 3. The van der Waals surface area contributed by atoms with Crippen LogP contribution < -0.4 is 4.90 Å². The van der Waals surface area contributed by atoms with E-state index in [1.165, 1.54) is 4.90 Å². The number of halogens is 1. The number of ketones is 1. The van der Waals surface area contributed by atoms with Gasteiger partial charge in [0, 0.05) is 16.3 Å². The number of amides is 1. The maximum Gasteiger partial charge on any atom is 0.300 e. The van der Waals surface area contributed by atoms with Crippen molar-refractivity contribution in [2.45, 2.75) is 53.0 Å². The van der Waals surface area contributed by atoms with Gasteiger partial charge in [0.2, 0.25) is 0 Å². The van der Waals surface area contributed by atoms with E-state index in [9.17, 15) is 14.7 Å². The molecular weight excluding hydrogens is 458 g/mol. The van der Waals surface area contributed by atoms with E-state index in [-0.39, 0.29) is 16.7 Å². The number of rotatable bonds is 3. The SMILES string of the molecule is Cc1ccc(C)c(/C(O)=C2\C(=O)C(=O)N(c3cc(Cl)ccc3C)C2c2ccc(C(C)(C)C)cc2)c1. The predicted octanol–water partition coefficient (Wildman–Crippen LogP) is 7.19. The van der Waals surface area contributed by atoms with Crippen LogP contribution in [0.2, 0.25) is 5.02 Å². The fourth-order valence-electron chi connectivity index (χ4n) is 4.54. The number of anilines is 1. The lowest BCUT2D eigenvalue weighted by Crippen LogP contribution is -2.30. The summed E-state index contributed by atoms with van der Waals surface area (Å²) < 4.78 is 0. The Kier molecular flexibility index (Phi) is 6.37. The highest BCUT2D eigenvalue weighted by Crippen LogP contribution is 2.44. The molecular formula is C30H30ClNO3. The second-order valence-electron chi connectivity index (χ2n) is 10.3. The normalized spacial score (nSPS) is 17.8. The zero-order valence-corrected chi connectivity index (χ0v) is 21.7. The fourth-order valence-corrected chi connectivity index (χ4v) is 4.71. The highest BCUT2D eigenvalue weighted by molar-refractivity contribution is 6.52. The molecule has 1 amide bonds. The molecule has 1 unspecified atom stereocenters. The number of carbonyl (C=O) groups excluding carboxylic acids is 2. The maximum absolute atomic E-state index is 13.5. The molecule has 1 aliphatic heterocycles. The topological polar surface area (TPSA) is 57.6 Å². The van der Waals surface area contributed by atoms with Crippen molar-refractivity contribution >= 4 is 34.7 Å². The molecule has 3 aromatic rings. The van der Waals surface area contributed by atoms with Crippen LogP contribution in [0, 0.1) is 20.8 Å². The van der Waals surface area contributed by atoms with Gasteiger partial charge >= 0.3 is 0 Å². The third-order valence-corrected chi connectivity index (χ3v) is 6.85. The van der Waals surface area contributed by atoms with Gasteiger partial charge in [-0.3, -0.25) is 14.5 Å². The average Bonchev–Trinajstić information content (AvgIpc) is 3.06. The van der Waals surface area contributed by atoms with Crippen molar-refractivity contribution in [3.63, 3.8) is 0 Å². The van der Waals surface area contributed by atoms with E-state index in [4.69, 9.17) is 11.6 Å². The fraction of sp³-hybridized carbons (Fsp3) is 0.267. The lowest BCUT2D eigenvalue weighted by molar-refractivity contribution is -0.132. The summed E-state index contributed by atoms with van der Waals surface area (Å²) in [5.74, 6) is -1.57. The maximum atomic E-state index is 13.5. The van der Waals surface area contributed by atoms with Crippen molar-refractivity contribution < 1.29 is 14.7 Å². The molecule has 1 saturated heterocycles. The van der Waals surface area contributed by atoms with Gasteiger partial charge in [0.15, 0.2) is 0 Å². The van der Waals surface area contributed by atoms with Gasteiger partial charge in [-0.05, 0) is 66.6 Å². The van der Waals surface area contributed by atoms with Gasteiger partial charge in [0.05, 0.1) is 11.6 Å². The number of carbonyl (C=O) groups is 2. The van der Waals surface area contributed by atoms with E-state index in [1.807, 2.05) is 69.3 Å². The van der Waals surface area contributed by atoms with E-state index < -0.39 is 17.7 Å². The quantitative estimate of drug-likeness (QED) is 0.241. The first-order chi connectivity index (χ1) is 16.4. The molecule has 4 nitrogen and oxygen atoms in total. The van der Waals surface area contributed by atoms with Crippen molar-refractivity contribution in [2.75, 3.05) is 4.90 Å². The van der Waals surface area contributed by atoms with Crippen LogP contribution in [0.15, 0.2) is 66.2 Å². The lowest BCUT2D eigenvalue weighted by atomic mass is 9.85. The zero-order valence-electron chi connectivity index (χ0n) is 20.9. The predicted molar refractivity (Wildman–Crippen MR) is 142 cm³/mol. The molecule has 0 spiro atoms. The summed E-state index contributed by atoms with van der Waals surface area (Å²) in [5, 5.41) is 11.9. The number of aliphatic hydroxyl groups is 1. The molecule has 3 aromatic carbocycles. The number of hydrogen-bond donors (Lipinski definition) is 1. The van der Waals surface area contributed by atoms with E-state index in [1.54, 1.807) is 12.1 Å². The number of aliphatic hydroxyl groups excluding tert-OH is 1. The Hall–Kier alpha value is -3.37. The molecule has 0 aromatic heterocycles. The minimum Gasteiger partial charge on any atom is -0.507 e. The van der Waals surface area contributed by atoms with Crippen LogP contribution in [0.25, 0.3) is 5.76 Å². The average molecular weight is 488 g/mol. The van der Waals surface area contributed by atoms with Crippen LogP contribution in [0.3, 0.4) is 0 Å². The number of benzene rings is 3. The van der Waals surface area contributed by atoms with Gasteiger partial charge in [-0.1, -0.05) is 80.4 Å². The summed E-state index contributed by atoms with van der Waals surface area (Å²) in [6, 6.07) is 18.0. The Labute approximate surface area is 211 Å². The summed E-state index contributed by atoms with van der Waals surface area (Å²) in [6.07, 6.45) is 0. The molecule has 1 fully saturated rings. The second kappa shape index (κ2) is 9.01. The van der Waals surface area contributed by atoms with Gasteiger partial charge in [0.25, 0.3) is 11.7 Å². The van der Waals surface area contributed by atoms with Crippen molar-refractivity contribution in [3.05, 3.63) is 105 Å². The van der Waals surface area contributed by atoms with E-state index >= 15 is 0 Å². The van der Waals surface area contributed by atoms with Gasteiger partial charge < -0.3 is 5.11 Å². The third kappa shape index (κ3) is 4.51. The lowest BCUT2D eigenvalue weighted by Gasteiger charge is -2.28. The van der Waals surface area contributed by atoms with Crippen LogP contribution in [0.1, 0.15) is 60.2 Å². The highest BCUT2D eigenvalue weighted by atomic mass is 35.5. The Bertz CT molecular complexity index is 1360. The summed E-state index contributed by atoms with van der Waals surface area (Å²) in [6.45, 7) is 12.1. The van der Waals surface area contributed by atoms with Gasteiger partial charge in [-0.2, -0.15) is 0 Å². The van der Waals surface area contributed by atoms with E-state index in [2.05, 4.69) is 20.8 Å². The zero-order chi connectivity index (χ0) is 25.7. The van der Waals surface area contributed by atoms with Crippen molar-refractivity contribution in [3.8, 4) is 0 Å². The number of Topliss-reactive ketones (excluding diaryl/α,β-unsaturated/α-hetero) is 1. The summed E-state index contributed by atoms with van der Waals surface area (Å²) >= 11 is 6.29. The van der Waals surface area contributed by atoms with Crippen LogP contribution in [-0.2, 0) is 15.0 Å². The minimum absolute atomic E-state index is 0.0530. The largest absolute Gasteiger partial charge is 0.507 e. The monoisotopic (exact) mass is 487 g/mol. The van der Waals surface area contributed by atoms with Crippen LogP contribution in [0.5, 0.6) is 0 Å². The van der Waals surface area contributed by atoms with Gasteiger partial charge in [-0.25, -0.2) is 0 Å². The van der Waals surface area contributed by atoms with Crippen LogP contribution in [-0.4, -0.2) is 16.8 Å². The van der Waals surface area contributed by atoms with Gasteiger partial charge in [0.1, 0.15) is 5.76 Å². The van der Waals surface area contributed by atoms with Crippen LogP contribution >= 0.6 is 11.6 Å². The molecule has 0 radical (unpaired) electrons. The molecule has 1 aliphatic rings. The molecule has 180 valence electrons. The molecule has 0 aliphatic carbocycles. The number of nitrogens with zero attached hydrogens (tertiary/aromatic N) is 1. The van der Waals surface area contributed by atoms with Gasteiger partial charge in [-0.15, -0.1) is 0 Å².